The number of carboxylic acid groups (broad SMARTS) is 1. The van der Waals surface area contributed by atoms with Crippen LogP contribution in [0.15, 0.2) is 48.5 Å². The van der Waals surface area contributed by atoms with E-state index in [0.29, 0.717) is 18.6 Å². The first kappa shape index (κ1) is 18.5. The number of ether oxygens (including phenoxy) is 1. The van der Waals surface area contributed by atoms with Crippen molar-refractivity contribution in [2.45, 2.75) is 39.0 Å². The first-order valence-corrected chi connectivity index (χ1v) is 9.98. The Morgan fingerprint density at radius 2 is 1.71 bits per heavy atom. The molecule has 1 fully saturated rings. The lowest BCUT2D eigenvalue weighted by Crippen LogP contribution is -2.35. The number of carbonyl (C=O) groups is 2. The largest absolute Gasteiger partial charge is 0.481 e. The fraction of sp³-hybridized carbons (Fsp3) is 0.333. The van der Waals surface area contributed by atoms with Gasteiger partial charge >= 0.3 is 11.9 Å². The predicted octanol–water partition coefficient (Wildman–Crippen LogP) is 5.35. The highest BCUT2D eigenvalue weighted by atomic mass is 16.5. The summed E-state index contributed by atoms with van der Waals surface area (Å²) in [5, 5.41) is 13.4. The second-order valence-electron chi connectivity index (χ2n) is 7.55. The monoisotopic (exact) mass is 376 g/mol. The van der Waals surface area contributed by atoms with Crippen LogP contribution in [-0.2, 0) is 16.0 Å². The number of rotatable bonds is 4. The Morgan fingerprint density at radius 1 is 1.00 bits per heavy atom. The Bertz CT molecular complexity index is 1050. The van der Waals surface area contributed by atoms with Gasteiger partial charge in [0.1, 0.15) is 5.75 Å². The van der Waals surface area contributed by atoms with Crippen molar-refractivity contribution < 1.29 is 19.4 Å². The summed E-state index contributed by atoms with van der Waals surface area (Å²) in [7, 11) is 0. The highest BCUT2D eigenvalue weighted by molar-refractivity contribution is 6.08. The molecule has 0 aromatic heterocycles. The van der Waals surface area contributed by atoms with E-state index in [4.69, 9.17) is 4.74 Å². The molecular weight excluding hydrogens is 352 g/mol. The molecule has 4 rings (SSSR count). The van der Waals surface area contributed by atoms with Crippen molar-refractivity contribution >= 4 is 33.5 Å². The summed E-state index contributed by atoms with van der Waals surface area (Å²) in [4.78, 5) is 24.7. The van der Waals surface area contributed by atoms with Crippen molar-refractivity contribution in [1.29, 1.82) is 0 Å². The number of benzene rings is 3. The molecule has 2 atom stereocenters. The van der Waals surface area contributed by atoms with E-state index in [2.05, 4.69) is 19.1 Å². The highest BCUT2D eigenvalue weighted by Crippen LogP contribution is 2.39. The van der Waals surface area contributed by atoms with Gasteiger partial charge in [0.05, 0.1) is 11.8 Å². The maximum Gasteiger partial charge on any atom is 0.315 e. The molecule has 1 saturated carbocycles. The Labute approximate surface area is 164 Å². The molecule has 1 N–H and O–H groups in total. The first-order chi connectivity index (χ1) is 13.6. The molecule has 1 aliphatic rings. The van der Waals surface area contributed by atoms with E-state index in [1.54, 1.807) is 0 Å². The fourth-order valence-electron chi connectivity index (χ4n) is 4.43. The average Bonchev–Trinajstić information content (AvgIpc) is 2.72. The zero-order valence-electron chi connectivity index (χ0n) is 16.0. The standard InChI is InChI=1S/C24H24O4/c1-2-15-9-7-10-17-14-16-8-3-4-11-18(16)22(21(15)17)28-24(27)20-13-6-5-12-19(20)23(25)26/h3-4,7-11,14,19-20H,2,5-6,12-13H2,1H3,(H,25,26). The van der Waals surface area contributed by atoms with E-state index in [0.717, 1.165) is 46.4 Å². The second kappa shape index (κ2) is 7.63. The minimum atomic E-state index is -0.904. The number of hydrogen-bond donors (Lipinski definition) is 1. The molecule has 4 nitrogen and oxygen atoms in total. The van der Waals surface area contributed by atoms with E-state index in [9.17, 15) is 14.7 Å². The van der Waals surface area contributed by atoms with Gasteiger partial charge in [-0.1, -0.05) is 62.2 Å². The van der Waals surface area contributed by atoms with Crippen LogP contribution in [-0.4, -0.2) is 17.0 Å². The van der Waals surface area contributed by atoms with E-state index < -0.39 is 23.8 Å². The molecule has 28 heavy (non-hydrogen) atoms. The van der Waals surface area contributed by atoms with Gasteiger partial charge in [-0.2, -0.15) is 0 Å². The molecule has 0 radical (unpaired) electrons. The minimum Gasteiger partial charge on any atom is -0.481 e. The number of carbonyl (C=O) groups excluding carboxylic acids is 1. The predicted molar refractivity (Wildman–Crippen MR) is 110 cm³/mol. The summed E-state index contributed by atoms with van der Waals surface area (Å²) < 4.78 is 6.00. The van der Waals surface area contributed by atoms with Crippen molar-refractivity contribution in [2.75, 3.05) is 0 Å². The van der Waals surface area contributed by atoms with Crippen molar-refractivity contribution in [1.82, 2.24) is 0 Å². The molecule has 3 aromatic carbocycles. The van der Waals surface area contributed by atoms with Crippen LogP contribution in [0.1, 0.15) is 38.2 Å². The maximum atomic E-state index is 13.1. The lowest BCUT2D eigenvalue weighted by atomic mass is 9.79. The van der Waals surface area contributed by atoms with Gasteiger partial charge in [0.15, 0.2) is 0 Å². The van der Waals surface area contributed by atoms with Crippen molar-refractivity contribution in [2.24, 2.45) is 11.8 Å². The van der Waals surface area contributed by atoms with Crippen LogP contribution in [0.25, 0.3) is 21.5 Å². The van der Waals surface area contributed by atoms with Crippen molar-refractivity contribution in [3.8, 4) is 5.75 Å². The zero-order chi connectivity index (χ0) is 19.7. The third kappa shape index (κ3) is 3.24. The zero-order valence-corrected chi connectivity index (χ0v) is 16.0. The molecule has 0 amide bonds. The second-order valence-corrected chi connectivity index (χ2v) is 7.55. The summed E-state index contributed by atoms with van der Waals surface area (Å²) in [6, 6.07) is 16.1. The summed E-state index contributed by atoms with van der Waals surface area (Å²) in [5.41, 5.74) is 1.12. The Balaban J connectivity index is 1.84. The number of aryl methyl sites for hydroxylation is 1. The van der Waals surface area contributed by atoms with Gasteiger partial charge in [0, 0.05) is 10.8 Å². The maximum absolute atomic E-state index is 13.1. The molecule has 0 heterocycles. The van der Waals surface area contributed by atoms with Crippen molar-refractivity contribution in [3.05, 3.63) is 54.1 Å². The van der Waals surface area contributed by atoms with Crippen LogP contribution in [0.3, 0.4) is 0 Å². The van der Waals surface area contributed by atoms with Gasteiger partial charge < -0.3 is 9.84 Å². The number of carboxylic acids is 1. The molecule has 4 heteroatoms. The van der Waals surface area contributed by atoms with Gasteiger partial charge in [-0.05, 0) is 41.7 Å². The number of aliphatic carboxylic acids is 1. The topological polar surface area (TPSA) is 63.6 Å². The lowest BCUT2D eigenvalue weighted by molar-refractivity contribution is -0.153. The number of hydrogen-bond acceptors (Lipinski definition) is 3. The molecule has 0 bridgehead atoms. The molecule has 3 aromatic rings. The van der Waals surface area contributed by atoms with Gasteiger partial charge in [-0.25, -0.2) is 0 Å². The van der Waals surface area contributed by atoms with E-state index in [-0.39, 0.29) is 0 Å². The minimum absolute atomic E-state index is 0.421. The third-order valence-corrected chi connectivity index (χ3v) is 5.90. The van der Waals surface area contributed by atoms with E-state index in [1.807, 2.05) is 36.4 Å². The molecular formula is C24H24O4. The molecule has 2 unspecified atom stereocenters. The van der Waals surface area contributed by atoms with Gasteiger partial charge in [0.25, 0.3) is 0 Å². The highest BCUT2D eigenvalue weighted by Gasteiger charge is 2.37. The SMILES string of the molecule is CCc1cccc2cc3ccccc3c(OC(=O)C3CCCCC3C(=O)O)c12. The molecule has 0 aliphatic heterocycles. The van der Waals surface area contributed by atoms with Crippen LogP contribution in [0.5, 0.6) is 5.75 Å². The first-order valence-electron chi connectivity index (χ1n) is 9.98. The smallest absolute Gasteiger partial charge is 0.315 e. The molecule has 1 aliphatic carbocycles. The number of fused-ring (bicyclic) bond motifs is 2. The van der Waals surface area contributed by atoms with Crippen molar-refractivity contribution in [3.63, 3.8) is 0 Å². The molecule has 0 saturated heterocycles. The number of esters is 1. The van der Waals surface area contributed by atoms with Gasteiger partial charge in [-0.15, -0.1) is 0 Å². The van der Waals surface area contributed by atoms with Crippen LogP contribution in [0, 0.1) is 11.8 Å². The van der Waals surface area contributed by atoms with Gasteiger partial charge in [-0.3, -0.25) is 9.59 Å². The summed E-state index contributed by atoms with van der Waals surface area (Å²) >= 11 is 0. The van der Waals surface area contributed by atoms with Crippen LogP contribution < -0.4 is 4.74 Å². The Morgan fingerprint density at radius 3 is 2.46 bits per heavy atom. The Kier molecular flexibility index (Phi) is 5.03. The summed E-state index contributed by atoms with van der Waals surface area (Å²) in [6.07, 6.45) is 3.63. The Hall–Kier alpha value is -2.88. The average molecular weight is 376 g/mol. The lowest BCUT2D eigenvalue weighted by Gasteiger charge is -2.27. The van der Waals surface area contributed by atoms with Gasteiger partial charge in [0.2, 0.25) is 0 Å². The van der Waals surface area contributed by atoms with Crippen LogP contribution >= 0.6 is 0 Å². The normalized spacial score (nSPS) is 19.6. The van der Waals surface area contributed by atoms with Crippen LogP contribution in [0.2, 0.25) is 0 Å². The molecule has 0 spiro atoms. The van der Waals surface area contributed by atoms with E-state index >= 15 is 0 Å². The molecule has 144 valence electrons. The third-order valence-electron chi connectivity index (χ3n) is 5.90. The fourth-order valence-corrected chi connectivity index (χ4v) is 4.43. The van der Waals surface area contributed by atoms with Crippen LogP contribution in [0.4, 0.5) is 0 Å². The van der Waals surface area contributed by atoms with E-state index in [1.165, 1.54) is 0 Å². The quantitative estimate of drug-likeness (QED) is 0.379. The summed E-state index contributed by atoms with van der Waals surface area (Å²) in [5.74, 6) is -2.01. The summed E-state index contributed by atoms with van der Waals surface area (Å²) in [6.45, 7) is 2.08.